The number of aromatic nitrogens is 2. The molecule has 1 aromatic heterocycles. The van der Waals surface area contributed by atoms with E-state index in [0.29, 0.717) is 5.75 Å². The zero-order valence-electron chi connectivity index (χ0n) is 11.4. The summed E-state index contributed by atoms with van der Waals surface area (Å²) in [6, 6.07) is 5.85. The Balaban J connectivity index is 2.09. The van der Waals surface area contributed by atoms with Crippen LogP contribution in [0.3, 0.4) is 0 Å². The first-order valence-corrected chi connectivity index (χ1v) is 7.26. The number of anilines is 1. The van der Waals surface area contributed by atoms with Crippen molar-refractivity contribution in [3.8, 4) is 22.9 Å². The molecule has 0 aliphatic carbocycles. The normalized spacial score (nSPS) is 13.6. The first kappa shape index (κ1) is 13.3. The van der Waals surface area contributed by atoms with Crippen molar-refractivity contribution in [2.75, 3.05) is 26.1 Å². The zero-order chi connectivity index (χ0) is 14.1. The molecule has 1 N–H and O–H groups in total. The highest BCUT2D eigenvalue weighted by atomic mass is 79.9. The number of ether oxygens (including phenoxy) is 2. The van der Waals surface area contributed by atoms with Gasteiger partial charge in [-0.1, -0.05) is 0 Å². The van der Waals surface area contributed by atoms with Crippen LogP contribution in [0.5, 0.6) is 11.5 Å². The summed E-state index contributed by atoms with van der Waals surface area (Å²) in [6.07, 6.45) is 1.09. The molecular formula is C14H16BrN3O2. The van der Waals surface area contributed by atoms with Crippen LogP contribution in [-0.2, 0) is 6.54 Å². The lowest BCUT2D eigenvalue weighted by atomic mass is 10.2. The second kappa shape index (κ2) is 5.36. The van der Waals surface area contributed by atoms with Gasteiger partial charge in [0.05, 0.1) is 14.2 Å². The minimum absolute atomic E-state index is 0.710. The Hall–Kier alpha value is -1.69. The summed E-state index contributed by atoms with van der Waals surface area (Å²) in [5.74, 6) is 3.40. The highest BCUT2D eigenvalue weighted by Crippen LogP contribution is 2.36. The summed E-state index contributed by atoms with van der Waals surface area (Å²) in [5.41, 5.74) is 1.01. The van der Waals surface area contributed by atoms with Crippen LogP contribution >= 0.6 is 15.9 Å². The van der Waals surface area contributed by atoms with E-state index < -0.39 is 0 Å². The van der Waals surface area contributed by atoms with Crippen LogP contribution in [0.25, 0.3) is 11.4 Å². The molecule has 0 radical (unpaired) electrons. The maximum atomic E-state index is 5.36. The van der Waals surface area contributed by atoms with Gasteiger partial charge in [0.25, 0.3) is 0 Å². The number of methoxy groups -OCH3 is 2. The topological polar surface area (TPSA) is 48.3 Å². The van der Waals surface area contributed by atoms with Gasteiger partial charge in [0.2, 0.25) is 0 Å². The summed E-state index contributed by atoms with van der Waals surface area (Å²) in [6.45, 7) is 1.94. The molecule has 3 rings (SSSR count). The predicted molar refractivity (Wildman–Crippen MR) is 81.6 cm³/mol. The van der Waals surface area contributed by atoms with Crippen molar-refractivity contribution < 1.29 is 9.47 Å². The van der Waals surface area contributed by atoms with E-state index in [0.717, 1.165) is 47.1 Å². The molecule has 2 heterocycles. The molecule has 0 bridgehead atoms. The molecule has 1 aliphatic heterocycles. The van der Waals surface area contributed by atoms with E-state index in [4.69, 9.17) is 9.47 Å². The Bertz CT molecular complexity index is 640. The minimum Gasteiger partial charge on any atom is -0.493 e. The summed E-state index contributed by atoms with van der Waals surface area (Å²) in [5, 5.41) is 3.37. The number of hydrogen-bond donors (Lipinski definition) is 1. The molecule has 0 atom stereocenters. The SMILES string of the molecule is COc1ccc(-c2nc(Br)c3n2CCCN3)cc1OC. The molecule has 20 heavy (non-hydrogen) atoms. The fourth-order valence-corrected chi connectivity index (χ4v) is 2.97. The van der Waals surface area contributed by atoms with Gasteiger partial charge in [-0.15, -0.1) is 0 Å². The quantitative estimate of drug-likeness (QED) is 0.934. The predicted octanol–water partition coefficient (Wildman–Crippen LogP) is 3.15. The van der Waals surface area contributed by atoms with Crippen LogP contribution in [-0.4, -0.2) is 30.3 Å². The van der Waals surface area contributed by atoms with Crippen molar-refractivity contribution in [3.63, 3.8) is 0 Å². The summed E-state index contributed by atoms with van der Waals surface area (Å²) in [7, 11) is 3.27. The van der Waals surface area contributed by atoms with Gasteiger partial charge in [-0.05, 0) is 40.5 Å². The number of fused-ring (bicyclic) bond motifs is 1. The van der Waals surface area contributed by atoms with E-state index in [9.17, 15) is 0 Å². The van der Waals surface area contributed by atoms with Gasteiger partial charge >= 0.3 is 0 Å². The Labute approximate surface area is 126 Å². The van der Waals surface area contributed by atoms with Gasteiger partial charge < -0.3 is 19.4 Å². The van der Waals surface area contributed by atoms with E-state index in [1.165, 1.54) is 0 Å². The fraction of sp³-hybridized carbons (Fsp3) is 0.357. The molecule has 1 aromatic carbocycles. The molecule has 0 fully saturated rings. The third-order valence-electron chi connectivity index (χ3n) is 3.42. The number of nitrogens with one attached hydrogen (secondary N) is 1. The third kappa shape index (κ3) is 2.14. The smallest absolute Gasteiger partial charge is 0.161 e. The highest BCUT2D eigenvalue weighted by molar-refractivity contribution is 9.10. The molecule has 0 saturated heterocycles. The van der Waals surface area contributed by atoms with E-state index in [1.807, 2.05) is 18.2 Å². The lowest BCUT2D eigenvalue weighted by Crippen LogP contribution is -2.17. The van der Waals surface area contributed by atoms with Gasteiger partial charge in [0.1, 0.15) is 16.2 Å². The van der Waals surface area contributed by atoms with Crippen LogP contribution in [0.15, 0.2) is 22.8 Å². The molecule has 0 unspecified atom stereocenters. The maximum absolute atomic E-state index is 5.36. The number of nitrogens with zero attached hydrogens (tertiary/aromatic N) is 2. The summed E-state index contributed by atoms with van der Waals surface area (Å²) >= 11 is 3.51. The molecular weight excluding hydrogens is 322 g/mol. The van der Waals surface area contributed by atoms with Crippen LogP contribution in [0.2, 0.25) is 0 Å². The number of benzene rings is 1. The maximum Gasteiger partial charge on any atom is 0.161 e. The highest BCUT2D eigenvalue weighted by Gasteiger charge is 2.20. The van der Waals surface area contributed by atoms with Crippen molar-refractivity contribution >= 4 is 21.7 Å². The van der Waals surface area contributed by atoms with Crippen molar-refractivity contribution in [3.05, 3.63) is 22.8 Å². The van der Waals surface area contributed by atoms with Gasteiger partial charge in [0, 0.05) is 18.7 Å². The van der Waals surface area contributed by atoms with Crippen molar-refractivity contribution in [2.45, 2.75) is 13.0 Å². The average Bonchev–Trinajstić information content (AvgIpc) is 2.84. The average molecular weight is 338 g/mol. The number of rotatable bonds is 3. The van der Waals surface area contributed by atoms with Gasteiger partial charge in [0.15, 0.2) is 11.5 Å². The molecule has 0 spiro atoms. The number of imidazole rings is 1. The largest absolute Gasteiger partial charge is 0.493 e. The van der Waals surface area contributed by atoms with Crippen LogP contribution in [0.1, 0.15) is 6.42 Å². The molecule has 106 valence electrons. The molecule has 1 aliphatic rings. The Kier molecular flexibility index (Phi) is 3.56. The molecule has 0 saturated carbocycles. The summed E-state index contributed by atoms with van der Waals surface area (Å²) < 4.78 is 13.7. The van der Waals surface area contributed by atoms with Crippen LogP contribution in [0.4, 0.5) is 5.82 Å². The molecule has 6 heteroatoms. The van der Waals surface area contributed by atoms with Gasteiger partial charge in [-0.25, -0.2) is 4.98 Å². The van der Waals surface area contributed by atoms with Crippen LogP contribution < -0.4 is 14.8 Å². The van der Waals surface area contributed by atoms with E-state index in [2.05, 4.69) is 30.8 Å². The standard InChI is InChI=1S/C14H16BrN3O2/c1-19-10-5-4-9(8-11(10)20-2)13-17-12(15)14-16-6-3-7-18(13)14/h4-5,8,16H,3,6-7H2,1-2H3. The minimum atomic E-state index is 0.710. The zero-order valence-corrected chi connectivity index (χ0v) is 13.0. The monoisotopic (exact) mass is 337 g/mol. The number of halogens is 1. The van der Waals surface area contributed by atoms with Gasteiger partial charge in [-0.2, -0.15) is 0 Å². The van der Waals surface area contributed by atoms with Crippen molar-refractivity contribution in [2.24, 2.45) is 0 Å². The molecule has 5 nitrogen and oxygen atoms in total. The molecule has 0 amide bonds. The van der Waals surface area contributed by atoms with Crippen molar-refractivity contribution in [1.82, 2.24) is 9.55 Å². The Morgan fingerprint density at radius 3 is 2.80 bits per heavy atom. The molecule has 2 aromatic rings. The number of hydrogen-bond acceptors (Lipinski definition) is 4. The van der Waals surface area contributed by atoms with E-state index in [1.54, 1.807) is 14.2 Å². The van der Waals surface area contributed by atoms with Crippen molar-refractivity contribution in [1.29, 1.82) is 0 Å². The van der Waals surface area contributed by atoms with E-state index >= 15 is 0 Å². The van der Waals surface area contributed by atoms with Crippen LogP contribution in [0, 0.1) is 0 Å². The Morgan fingerprint density at radius 2 is 2.05 bits per heavy atom. The second-order valence-corrected chi connectivity index (χ2v) is 5.33. The Morgan fingerprint density at radius 1 is 1.25 bits per heavy atom. The van der Waals surface area contributed by atoms with E-state index in [-0.39, 0.29) is 0 Å². The fourth-order valence-electron chi connectivity index (χ4n) is 2.45. The first-order chi connectivity index (χ1) is 9.74. The third-order valence-corrected chi connectivity index (χ3v) is 3.97. The summed E-state index contributed by atoms with van der Waals surface area (Å²) in [4.78, 5) is 4.61. The lowest BCUT2D eigenvalue weighted by Gasteiger charge is -2.19. The second-order valence-electron chi connectivity index (χ2n) is 4.58. The first-order valence-electron chi connectivity index (χ1n) is 6.47. The lowest BCUT2D eigenvalue weighted by molar-refractivity contribution is 0.355. The van der Waals surface area contributed by atoms with Gasteiger partial charge in [-0.3, -0.25) is 0 Å².